The maximum atomic E-state index is 13.2. The summed E-state index contributed by atoms with van der Waals surface area (Å²) in [7, 11) is -11.2. The smallest absolute Gasteiger partial charge is 0.263 e. The third-order valence-corrected chi connectivity index (χ3v) is 25.2. The van der Waals surface area contributed by atoms with Crippen LogP contribution in [0.15, 0.2) is 177 Å². The van der Waals surface area contributed by atoms with E-state index in [1.54, 1.807) is 79.5 Å². The van der Waals surface area contributed by atoms with Gasteiger partial charge >= 0.3 is 0 Å². The predicted molar refractivity (Wildman–Crippen MR) is 401 cm³/mol. The van der Waals surface area contributed by atoms with Crippen molar-refractivity contribution in [3.63, 3.8) is 0 Å². The Morgan fingerprint density at radius 2 is 0.857 bits per heavy atom. The summed E-state index contributed by atoms with van der Waals surface area (Å²) in [5.41, 5.74) is 9.20. The minimum absolute atomic E-state index is 0. The highest BCUT2D eigenvalue weighted by Crippen LogP contribution is 2.37. The summed E-state index contributed by atoms with van der Waals surface area (Å²) in [5, 5.41) is 7.97. The largest absolute Gasteiger partial charge is 0.369 e. The summed E-state index contributed by atoms with van der Waals surface area (Å²) in [5.74, 6) is 0.152. The molecule has 0 aliphatic carbocycles. The monoisotopic (exact) mass is 1510 g/mol. The lowest BCUT2D eigenvalue weighted by molar-refractivity contribution is -0.122. The summed E-state index contributed by atoms with van der Waals surface area (Å²) < 4.78 is 82.7. The number of fused-ring (bicyclic) bond motifs is 2. The molecule has 4 fully saturated rings. The van der Waals surface area contributed by atoms with Crippen LogP contribution < -0.4 is 38.7 Å². The Morgan fingerprint density at radius 3 is 1.32 bits per heavy atom. The summed E-state index contributed by atoms with van der Waals surface area (Å²) in [6, 6.07) is 36.6. The van der Waals surface area contributed by atoms with Crippen LogP contribution in [0.1, 0.15) is 50.1 Å². The van der Waals surface area contributed by atoms with Crippen molar-refractivity contribution in [2.45, 2.75) is 78.4 Å². The number of halogens is 3. The van der Waals surface area contributed by atoms with Gasteiger partial charge in [0, 0.05) is 152 Å². The number of carbonyl (C=O) groups excluding carboxylic acids is 3. The lowest BCUT2D eigenvalue weighted by atomic mass is 9.98. The highest BCUT2D eigenvalue weighted by Gasteiger charge is 2.42. The second kappa shape index (κ2) is 29.2. The molecule has 22 nitrogen and oxygen atoms in total. The average molecular weight is 1510 g/mol. The second-order valence-corrected chi connectivity index (χ2v) is 33.1. The Morgan fingerprint density at radius 1 is 0.429 bits per heavy atom. The Labute approximate surface area is 604 Å². The maximum Gasteiger partial charge on any atom is 0.263 e. The van der Waals surface area contributed by atoms with E-state index in [0.29, 0.717) is 73.7 Å². The van der Waals surface area contributed by atoms with Crippen molar-refractivity contribution in [2.75, 3.05) is 97.6 Å². The van der Waals surface area contributed by atoms with E-state index in [1.807, 2.05) is 24.3 Å². The molecular weight excluding hydrogens is 1430 g/mol. The summed E-state index contributed by atoms with van der Waals surface area (Å²) in [6.45, 7) is 9.34. The van der Waals surface area contributed by atoms with Gasteiger partial charge in [-0.15, -0.1) is 34.0 Å². The number of rotatable bonds is 16. The molecule has 0 unspecified atom stereocenters. The van der Waals surface area contributed by atoms with Gasteiger partial charge in [0.25, 0.3) is 30.1 Å². The van der Waals surface area contributed by atoms with Crippen LogP contribution in [-0.4, -0.2) is 145 Å². The first kappa shape index (κ1) is 68.8. The van der Waals surface area contributed by atoms with Crippen LogP contribution in [0.2, 0.25) is 15.1 Å². The third-order valence-electron chi connectivity index (χ3n) is 18.0. The van der Waals surface area contributed by atoms with E-state index in [1.165, 1.54) is 105 Å². The van der Waals surface area contributed by atoms with E-state index in [0.717, 1.165) is 82.7 Å². The molecule has 0 bridgehead atoms. The van der Waals surface area contributed by atoms with Crippen LogP contribution >= 0.6 is 68.8 Å². The minimum Gasteiger partial charge on any atom is -0.369 e. The number of thiazole rings is 3. The number of hydrogen-bond donors (Lipinski definition) is 3. The third kappa shape index (κ3) is 15.3. The zero-order chi connectivity index (χ0) is 68.5. The number of carbonyl (C=O) groups is 3. The van der Waals surface area contributed by atoms with E-state index >= 15 is 0 Å². The minimum atomic E-state index is -3.73. The molecule has 4 saturated heterocycles. The standard InChI is InChI=1S/C23H23Cl2N5O3S2.C22H21ClN4O3S2.C22H22N4O3S2.6H2/c24-16-13-17(25)15-19(14-16)28-8-10-29(11-9-28)21-5-7-30(22(21)31)18-1-3-20(4-2-18)35(32,33)27-23-26-6-12-34-23;23-17-2-1-15-7-10-26(14-16(15)13-17)20-8-11-27(21(20)28)18-3-5-19(6-4-18)32(29,30)25-22-24-9-12-31-22;1-15-2-3-16-8-11-26(20(16)14-15)19-9-12-25(21(19)27)17-4-6-18(7-5-17)31(28,29)24-22-23-10-13-30-22;;;;;;/h1-4,6,12-15,21H,5,7-11H2,(H,26,27);1-6,9,12-13,20H,7-8,10-11,14H2,(H,24,25);2-7,10,13-14,19H,8-9,11-12H2,1H3,(H,23,24);6*1H/t21-;20-;19-;;;;;;/m000....../s1. The molecule has 0 saturated carbocycles. The van der Waals surface area contributed by atoms with Crippen LogP contribution in [0, 0.1) is 6.92 Å². The number of benzene rings is 6. The van der Waals surface area contributed by atoms with Crippen molar-refractivity contribution < 1.29 is 48.2 Å². The Kier molecular flexibility index (Phi) is 20.5. The van der Waals surface area contributed by atoms with Crippen molar-refractivity contribution in [3.8, 4) is 0 Å². The van der Waals surface area contributed by atoms with E-state index in [2.05, 4.69) is 79.9 Å². The van der Waals surface area contributed by atoms with Crippen LogP contribution in [0.25, 0.3) is 0 Å². The molecule has 6 aromatic carbocycles. The van der Waals surface area contributed by atoms with Gasteiger partial charge < -0.3 is 24.5 Å². The van der Waals surface area contributed by atoms with Gasteiger partial charge in [0.15, 0.2) is 15.4 Å². The van der Waals surface area contributed by atoms with Crippen LogP contribution in [0.3, 0.4) is 0 Å². The lowest BCUT2D eigenvalue weighted by Gasteiger charge is -2.38. The average Bonchev–Trinajstić information content (AvgIpc) is 1.61. The molecule has 3 amide bonds. The lowest BCUT2D eigenvalue weighted by Crippen LogP contribution is -2.52. The van der Waals surface area contributed by atoms with Crippen molar-refractivity contribution in [3.05, 3.63) is 199 Å². The summed E-state index contributed by atoms with van der Waals surface area (Å²) in [6.07, 6.45) is 8.68. The number of nitrogens with one attached hydrogen (secondary N) is 3. The number of aryl methyl sites for hydroxylation is 1. The van der Waals surface area contributed by atoms with Crippen molar-refractivity contribution in [2.24, 2.45) is 0 Å². The fourth-order valence-electron chi connectivity index (χ4n) is 13.2. The summed E-state index contributed by atoms with van der Waals surface area (Å²) in [4.78, 5) is 66.0. The van der Waals surface area contributed by atoms with Crippen molar-refractivity contribution >= 4 is 160 Å². The second-order valence-electron chi connectivity index (χ2n) is 24.1. The van der Waals surface area contributed by atoms with Gasteiger partial charge in [0.2, 0.25) is 17.7 Å². The Bertz CT molecular complexity index is 4740. The number of piperazine rings is 1. The van der Waals surface area contributed by atoms with Crippen LogP contribution in [0.5, 0.6) is 0 Å². The molecule has 9 aromatic rings. The van der Waals surface area contributed by atoms with E-state index < -0.39 is 30.1 Å². The topological polar surface area (TPSA) is 251 Å². The molecule has 3 N–H and O–H groups in total. The van der Waals surface area contributed by atoms with Gasteiger partial charge in [-0.25, -0.2) is 40.2 Å². The number of aromatic nitrogens is 3. The number of hydrogen-bond acceptors (Lipinski definition) is 19. The van der Waals surface area contributed by atoms with E-state index in [4.69, 9.17) is 34.8 Å². The molecule has 522 valence electrons. The fourth-order valence-corrected chi connectivity index (χ4v) is 19.2. The molecule has 6 aliphatic heterocycles. The normalized spacial score (nSPS) is 19.0. The first-order chi connectivity index (χ1) is 47.1. The quantitative estimate of drug-likeness (QED) is 0.0813. The molecule has 0 radical (unpaired) electrons. The van der Waals surface area contributed by atoms with Crippen molar-refractivity contribution in [1.82, 2.24) is 24.8 Å². The number of amides is 3. The molecule has 3 atom stereocenters. The first-order valence-electron chi connectivity index (χ1n) is 31.5. The fraction of sp³-hybridized carbons (Fsp3) is 0.284. The molecule has 15 rings (SSSR count). The first-order valence-corrected chi connectivity index (χ1v) is 39.7. The Hall–Kier alpha value is -7.74. The molecule has 98 heavy (non-hydrogen) atoms. The molecule has 31 heteroatoms. The summed E-state index contributed by atoms with van der Waals surface area (Å²) >= 11 is 22.1. The molecule has 6 aliphatic rings. The number of anilines is 8. The zero-order valence-corrected chi connectivity index (χ0v) is 59.8. The Balaban J connectivity index is 0.000000212. The predicted octanol–water partition coefficient (Wildman–Crippen LogP) is 12.8. The van der Waals surface area contributed by atoms with Gasteiger partial charge in [0.05, 0.1) is 26.8 Å². The SMILES string of the molecule is Cc1ccc2c(c1)N([C@H]1CCN(c3ccc(S(=O)(=O)Nc4nccs4)cc3)C1=O)CC2.O=C1[C@@H](N2CCN(c3cc(Cl)cc(Cl)c3)CC2)CCN1c1ccc(S(=O)(=O)Nc2nccs2)cc1.O=C1[C@@H](N2CCc3ccc(Cl)cc3C2)CCN1c1ccc(S(=O)(=O)Nc2nccs2)cc1.[HH].[HH].[HH].[HH].[HH].[HH]. The van der Waals surface area contributed by atoms with Gasteiger partial charge in [-0.2, -0.15) is 0 Å². The van der Waals surface area contributed by atoms with Gasteiger partial charge in [-0.1, -0.05) is 53.0 Å². The molecule has 9 heterocycles. The number of nitrogens with zero attached hydrogens (tertiary/aromatic N) is 10. The van der Waals surface area contributed by atoms with Gasteiger partial charge in [0.1, 0.15) is 6.04 Å². The zero-order valence-electron chi connectivity index (χ0n) is 52.7. The molecule has 3 aromatic heterocycles. The van der Waals surface area contributed by atoms with Crippen molar-refractivity contribution in [1.29, 1.82) is 0 Å². The van der Waals surface area contributed by atoms with Crippen LogP contribution in [-0.2, 0) is 63.8 Å². The highest BCUT2D eigenvalue weighted by molar-refractivity contribution is 7.93. The van der Waals surface area contributed by atoms with Gasteiger partial charge in [-0.3, -0.25) is 38.3 Å². The van der Waals surface area contributed by atoms with Crippen LogP contribution in [0.4, 0.5) is 43.8 Å². The number of sulfonamides is 3. The molecular formula is C67H78Cl3N13O9S6. The maximum absolute atomic E-state index is 13.2. The van der Waals surface area contributed by atoms with E-state index in [-0.39, 0.29) is 59.1 Å². The highest BCUT2D eigenvalue weighted by atomic mass is 35.5. The molecule has 0 spiro atoms. The van der Waals surface area contributed by atoms with Gasteiger partial charge in [-0.05, 0) is 170 Å². The van der Waals surface area contributed by atoms with E-state index in [9.17, 15) is 39.6 Å².